The molecule has 96 valence electrons. The summed E-state index contributed by atoms with van der Waals surface area (Å²) in [5, 5.41) is 2.45. The van der Waals surface area contributed by atoms with Gasteiger partial charge in [-0.15, -0.1) is 11.3 Å². The first kappa shape index (κ1) is 12.6. The van der Waals surface area contributed by atoms with Gasteiger partial charge in [-0.25, -0.2) is 14.8 Å². The van der Waals surface area contributed by atoms with E-state index in [1.54, 1.807) is 11.6 Å². The number of ether oxygens (including phenoxy) is 1. The summed E-state index contributed by atoms with van der Waals surface area (Å²) in [6, 6.07) is 0. The van der Waals surface area contributed by atoms with Crippen molar-refractivity contribution in [1.29, 1.82) is 0 Å². The number of hydrogen-bond donors (Lipinski definition) is 0. The third-order valence-corrected chi connectivity index (χ3v) is 3.47. The van der Waals surface area contributed by atoms with Crippen molar-refractivity contribution in [2.45, 2.75) is 6.54 Å². The van der Waals surface area contributed by atoms with Crippen LogP contribution in [0.2, 0.25) is 0 Å². The van der Waals surface area contributed by atoms with Crippen molar-refractivity contribution >= 4 is 22.4 Å². The van der Waals surface area contributed by atoms with Gasteiger partial charge < -0.3 is 14.2 Å². The summed E-state index contributed by atoms with van der Waals surface area (Å²) in [5.74, 6) is 0.523. The Morgan fingerprint density at radius 3 is 3.00 bits per heavy atom. The average Bonchev–Trinajstić information content (AvgIpc) is 2.98. The molecule has 0 atom stereocenters. The standard InChI is InChI=1S/C11H14N4O2S/c1-14-5-4-12-9(14)6-15(2)11-13-8(7-18-11)10(16)17-3/h4-5,7H,6H2,1-3H3. The Labute approximate surface area is 109 Å². The maximum Gasteiger partial charge on any atom is 0.357 e. The predicted molar refractivity (Wildman–Crippen MR) is 68.8 cm³/mol. The average molecular weight is 266 g/mol. The zero-order valence-corrected chi connectivity index (χ0v) is 11.3. The van der Waals surface area contributed by atoms with Crippen LogP contribution in [0.1, 0.15) is 16.3 Å². The van der Waals surface area contributed by atoms with Crippen LogP contribution >= 0.6 is 11.3 Å². The second-order valence-electron chi connectivity index (χ2n) is 3.82. The van der Waals surface area contributed by atoms with Crippen molar-refractivity contribution in [2.24, 2.45) is 7.05 Å². The van der Waals surface area contributed by atoms with Crippen molar-refractivity contribution in [3.8, 4) is 0 Å². The number of imidazole rings is 1. The van der Waals surface area contributed by atoms with Gasteiger partial charge in [-0.1, -0.05) is 0 Å². The number of rotatable bonds is 4. The minimum Gasteiger partial charge on any atom is -0.464 e. The van der Waals surface area contributed by atoms with Gasteiger partial charge in [-0.3, -0.25) is 0 Å². The lowest BCUT2D eigenvalue weighted by molar-refractivity contribution is 0.0595. The summed E-state index contributed by atoms with van der Waals surface area (Å²) in [6.07, 6.45) is 3.65. The van der Waals surface area contributed by atoms with E-state index in [0.717, 1.165) is 11.0 Å². The van der Waals surface area contributed by atoms with E-state index in [2.05, 4.69) is 14.7 Å². The largest absolute Gasteiger partial charge is 0.464 e. The normalized spacial score (nSPS) is 10.4. The monoisotopic (exact) mass is 266 g/mol. The summed E-state index contributed by atoms with van der Waals surface area (Å²) in [5.41, 5.74) is 0.337. The number of thiazole rings is 1. The van der Waals surface area contributed by atoms with Gasteiger partial charge >= 0.3 is 5.97 Å². The number of carbonyl (C=O) groups excluding carboxylic acids is 1. The molecule has 0 aromatic carbocycles. The molecule has 0 bridgehead atoms. The lowest BCUT2D eigenvalue weighted by Crippen LogP contribution is -2.19. The molecule has 0 unspecified atom stereocenters. The van der Waals surface area contributed by atoms with E-state index in [0.29, 0.717) is 12.2 Å². The highest BCUT2D eigenvalue weighted by Gasteiger charge is 2.14. The van der Waals surface area contributed by atoms with Gasteiger partial charge in [0.2, 0.25) is 0 Å². The van der Waals surface area contributed by atoms with Crippen molar-refractivity contribution in [3.63, 3.8) is 0 Å². The van der Waals surface area contributed by atoms with Crippen LogP contribution < -0.4 is 4.90 Å². The lowest BCUT2D eigenvalue weighted by atomic mass is 10.5. The number of esters is 1. The highest BCUT2D eigenvalue weighted by molar-refractivity contribution is 7.13. The molecule has 0 aliphatic carbocycles. The number of carbonyl (C=O) groups is 1. The zero-order valence-electron chi connectivity index (χ0n) is 10.5. The van der Waals surface area contributed by atoms with E-state index in [4.69, 9.17) is 0 Å². The maximum absolute atomic E-state index is 11.3. The van der Waals surface area contributed by atoms with Crippen LogP contribution in [0.4, 0.5) is 5.13 Å². The topological polar surface area (TPSA) is 60.2 Å². The Morgan fingerprint density at radius 2 is 2.39 bits per heavy atom. The molecule has 2 aromatic rings. The zero-order chi connectivity index (χ0) is 13.1. The van der Waals surface area contributed by atoms with Crippen molar-refractivity contribution < 1.29 is 9.53 Å². The molecule has 2 rings (SSSR count). The van der Waals surface area contributed by atoms with Crippen LogP contribution in [0, 0.1) is 0 Å². The van der Waals surface area contributed by atoms with Gasteiger partial charge in [-0.05, 0) is 0 Å². The molecule has 18 heavy (non-hydrogen) atoms. The Hall–Kier alpha value is -1.89. The number of hydrogen-bond acceptors (Lipinski definition) is 6. The molecule has 0 saturated heterocycles. The van der Waals surface area contributed by atoms with Gasteiger partial charge in [-0.2, -0.15) is 0 Å². The van der Waals surface area contributed by atoms with Gasteiger partial charge in [0.25, 0.3) is 0 Å². The van der Waals surface area contributed by atoms with E-state index in [-0.39, 0.29) is 0 Å². The Balaban J connectivity index is 2.10. The fourth-order valence-electron chi connectivity index (χ4n) is 1.47. The van der Waals surface area contributed by atoms with E-state index >= 15 is 0 Å². The molecule has 0 spiro atoms. The Morgan fingerprint density at radius 1 is 1.61 bits per heavy atom. The molecular formula is C11H14N4O2S. The predicted octanol–water partition coefficient (Wildman–Crippen LogP) is 1.30. The summed E-state index contributed by atoms with van der Waals surface area (Å²) in [7, 11) is 5.20. The molecule has 0 aliphatic rings. The van der Waals surface area contributed by atoms with Crippen LogP contribution in [0.25, 0.3) is 0 Å². The second-order valence-corrected chi connectivity index (χ2v) is 4.65. The molecule has 0 saturated carbocycles. The molecule has 2 heterocycles. The quantitative estimate of drug-likeness (QED) is 0.781. The number of aryl methyl sites for hydroxylation is 1. The van der Waals surface area contributed by atoms with Crippen LogP contribution in [-0.4, -0.2) is 34.7 Å². The number of anilines is 1. The molecule has 0 N–H and O–H groups in total. The van der Waals surface area contributed by atoms with E-state index in [9.17, 15) is 4.79 Å². The van der Waals surface area contributed by atoms with Crippen LogP contribution in [0.3, 0.4) is 0 Å². The first-order chi connectivity index (χ1) is 8.61. The Kier molecular flexibility index (Phi) is 3.61. The van der Waals surface area contributed by atoms with Gasteiger partial charge in [0.1, 0.15) is 5.82 Å². The fourth-order valence-corrected chi connectivity index (χ4v) is 2.23. The molecular weight excluding hydrogens is 252 g/mol. The van der Waals surface area contributed by atoms with Gasteiger partial charge in [0.05, 0.1) is 13.7 Å². The van der Waals surface area contributed by atoms with Crippen molar-refractivity contribution in [2.75, 3.05) is 19.1 Å². The third-order valence-electron chi connectivity index (χ3n) is 2.51. The second kappa shape index (κ2) is 5.18. The lowest BCUT2D eigenvalue weighted by Gasteiger charge is -2.14. The van der Waals surface area contributed by atoms with Crippen LogP contribution in [0.15, 0.2) is 17.8 Å². The first-order valence-corrected chi connectivity index (χ1v) is 6.21. The SMILES string of the molecule is COC(=O)c1csc(N(C)Cc2nccn2C)n1. The highest BCUT2D eigenvalue weighted by atomic mass is 32.1. The van der Waals surface area contributed by atoms with E-state index in [1.165, 1.54) is 18.4 Å². The van der Waals surface area contributed by atoms with Gasteiger partial charge in [0, 0.05) is 31.9 Å². The summed E-state index contributed by atoms with van der Waals surface area (Å²) >= 11 is 1.41. The minimum absolute atomic E-state index is 0.337. The van der Waals surface area contributed by atoms with E-state index in [1.807, 2.05) is 29.8 Å². The Bertz CT molecular complexity index is 549. The summed E-state index contributed by atoms with van der Waals surface area (Å²) < 4.78 is 6.57. The first-order valence-electron chi connectivity index (χ1n) is 5.33. The molecule has 0 radical (unpaired) electrons. The number of aromatic nitrogens is 3. The fraction of sp³-hybridized carbons (Fsp3) is 0.364. The van der Waals surface area contributed by atoms with Crippen molar-refractivity contribution in [3.05, 3.63) is 29.3 Å². The van der Waals surface area contributed by atoms with Crippen LogP contribution in [0.5, 0.6) is 0 Å². The summed E-state index contributed by atoms with van der Waals surface area (Å²) in [6.45, 7) is 0.637. The molecule has 0 fully saturated rings. The van der Waals surface area contributed by atoms with Gasteiger partial charge in [0.15, 0.2) is 10.8 Å². The molecule has 0 amide bonds. The third kappa shape index (κ3) is 2.51. The van der Waals surface area contributed by atoms with E-state index < -0.39 is 5.97 Å². The maximum atomic E-state index is 11.3. The van der Waals surface area contributed by atoms with Crippen molar-refractivity contribution in [1.82, 2.24) is 14.5 Å². The molecule has 7 heteroatoms. The summed E-state index contributed by atoms with van der Waals surface area (Å²) in [4.78, 5) is 21.7. The minimum atomic E-state index is -0.414. The smallest absolute Gasteiger partial charge is 0.357 e. The number of nitrogens with zero attached hydrogens (tertiary/aromatic N) is 4. The molecule has 0 aliphatic heterocycles. The molecule has 6 nitrogen and oxygen atoms in total. The highest BCUT2D eigenvalue weighted by Crippen LogP contribution is 2.21. The van der Waals surface area contributed by atoms with Crippen LogP contribution in [-0.2, 0) is 18.3 Å². The molecule has 2 aromatic heterocycles. The number of methoxy groups -OCH3 is 1.